The van der Waals surface area contributed by atoms with E-state index < -0.39 is 6.03 Å². The summed E-state index contributed by atoms with van der Waals surface area (Å²) in [5.74, 6) is 1.25. The van der Waals surface area contributed by atoms with Gasteiger partial charge in [0, 0.05) is 80.5 Å². The number of aryl methyl sites for hydroxylation is 1. The summed E-state index contributed by atoms with van der Waals surface area (Å²) >= 11 is 6.39. The Hall–Kier alpha value is -6.17. The van der Waals surface area contributed by atoms with Gasteiger partial charge < -0.3 is 19.9 Å². The third kappa shape index (κ3) is 10.4. The number of hydrogen-bond donors (Lipinski definition) is 2. The zero-order chi connectivity index (χ0) is 45.6. The number of rotatable bonds is 13. The molecule has 2 aromatic carbocycles. The number of imide groups is 1. The number of pyridine rings is 1. The number of aromatic nitrogens is 3. The summed E-state index contributed by atoms with van der Waals surface area (Å²) in [6.07, 6.45) is 12.4. The van der Waals surface area contributed by atoms with Gasteiger partial charge in [-0.2, -0.15) is 10.4 Å². The van der Waals surface area contributed by atoms with Crippen molar-refractivity contribution in [3.8, 4) is 6.07 Å². The van der Waals surface area contributed by atoms with Crippen LogP contribution in [0.1, 0.15) is 103 Å². The molecule has 0 unspecified atom stereocenters. The molecule has 2 aromatic heterocycles. The van der Waals surface area contributed by atoms with Crippen LogP contribution in [-0.2, 0) is 20.7 Å². The molecule has 0 bridgehead atoms. The number of carbonyl (C=O) groups is 4. The Morgan fingerprint density at radius 3 is 2.40 bits per heavy atom. The molecule has 5 heterocycles. The van der Waals surface area contributed by atoms with E-state index >= 15 is 0 Å². The fraction of sp³-hybridized carbons (Fsp3) is 0.440. The molecular formula is C50H56ClN9O5. The Morgan fingerprint density at radius 2 is 1.68 bits per heavy atom. The van der Waals surface area contributed by atoms with E-state index in [2.05, 4.69) is 52.9 Å². The molecule has 8 rings (SSSR count). The van der Waals surface area contributed by atoms with Crippen LogP contribution in [0.5, 0.6) is 0 Å². The van der Waals surface area contributed by atoms with Crippen LogP contribution in [0.25, 0.3) is 16.3 Å². The second kappa shape index (κ2) is 20.3. The number of nitrogens with zero attached hydrogens (tertiary/aromatic N) is 7. The van der Waals surface area contributed by atoms with Gasteiger partial charge in [0.15, 0.2) is 5.82 Å². The Kier molecular flexibility index (Phi) is 14.2. The summed E-state index contributed by atoms with van der Waals surface area (Å²) in [7, 11) is 0. The SMILES string of the molecule is Cc1c(CC#N)cccc1[C@@H](C)Nc1nnc(C)c2cnc(C3=CC=C(C(=O)N4CCC(CCOCC5CCN(C(=O)c6ccc(Cl)c(N7CCC(=O)NC7=O)c6)CC5)CC4)CC3)cc12. The number of nitrogens with one attached hydrogen (secondary N) is 2. The van der Waals surface area contributed by atoms with E-state index in [0.29, 0.717) is 73.1 Å². The number of carbonyl (C=O) groups excluding carboxylic acids is 4. The maximum atomic E-state index is 13.7. The van der Waals surface area contributed by atoms with Gasteiger partial charge >= 0.3 is 6.03 Å². The van der Waals surface area contributed by atoms with E-state index in [4.69, 9.17) is 21.3 Å². The molecule has 1 aliphatic carbocycles. The Morgan fingerprint density at radius 1 is 0.923 bits per heavy atom. The smallest absolute Gasteiger partial charge is 0.328 e. The van der Waals surface area contributed by atoms with Gasteiger partial charge in [-0.25, -0.2) is 4.79 Å². The average Bonchev–Trinajstić information content (AvgIpc) is 3.32. The number of likely N-dealkylation sites (tertiary alicyclic amines) is 2. The highest BCUT2D eigenvalue weighted by Gasteiger charge is 2.30. The number of hydrogen-bond acceptors (Lipinski definition) is 10. The predicted molar refractivity (Wildman–Crippen MR) is 250 cm³/mol. The summed E-state index contributed by atoms with van der Waals surface area (Å²) in [5.41, 5.74) is 7.67. The van der Waals surface area contributed by atoms with Crippen molar-refractivity contribution in [2.75, 3.05) is 56.2 Å². The summed E-state index contributed by atoms with van der Waals surface area (Å²) in [5, 5.41) is 26.3. The van der Waals surface area contributed by atoms with Crippen LogP contribution in [0, 0.1) is 37.0 Å². The first-order chi connectivity index (χ1) is 31.5. The number of ether oxygens (including phenoxy) is 1. The van der Waals surface area contributed by atoms with Crippen molar-refractivity contribution >= 4 is 63.2 Å². The molecule has 1 atom stereocenters. The van der Waals surface area contributed by atoms with E-state index in [1.54, 1.807) is 18.2 Å². The summed E-state index contributed by atoms with van der Waals surface area (Å²) in [6, 6.07) is 14.7. The van der Waals surface area contributed by atoms with Crippen molar-refractivity contribution in [2.24, 2.45) is 11.8 Å². The second-order valence-electron chi connectivity index (χ2n) is 17.7. The minimum Gasteiger partial charge on any atom is -0.381 e. The highest BCUT2D eigenvalue weighted by atomic mass is 35.5. The summed E-state index contributed by atoms with van der Waals surface area (Å²) in [4.78, 5) is 61.1. The molecule has 3 fully saturated rings. The van der Waals surface area contributed by atoms with Crippen LogP contribution in [0.3, 0.4) is 0 Å². The van der Waals surface area contributed by atoms with Gasteiger partial charge in [0.2, 0.25) is 11.8 Å². The molecular weight excluding hydrogens is 842 g/mol. The largest absolute Gasteiger partial charge is 0.381 e. The lowest BCUT2D eigenvalue weighted by molar-refractivity contribution is -0.128. The fourth-order valence-corrected chi connectivity index (χ4v) is 9.69. The number of allylic oxidation sites excluding steroid dienone is 3. The molecule has 3 saturated heterocycles. The fourth-order valence-electron chi connectivity index (χ4n) is 9.48. The van der Waals surface area contributed by atoms with Crippen LogP contribution in [0.2, 0.25) is 5.02 Å². The molecule has 338 valence electrons. The van der Waals surface area contributed by atoms with E-state index in [9.17, 15) is 24.4 Å². The lowest BCUT2D eigenvalue weighted by Gasteiger charge is -2.34. The zero-order valence-corrected chi connectivity index (χ0v) is 38.1. The van der Waals surface area contributed by atoms with Gasteiger partial charge in [-0.15, -0.1) is 5.10 Å². The third-order valence-corrected chi connectivity index (χ3v) is 13.9. The lowest BCUT2D eigenvalue weighted by atomic mass is 9.91. The second-order valence-corrected chi connectivity index (χ2v) is 18.1. The summed E-state index contributed by atoms with van der Waals surface area (Å²) in [6.45, 7) is 10.4. The first-order valence-corrected chi connectivity index (χ1v) is 23.2. The standard InChI is InChI=1S/C50H56ClN9O5/c1-31-36(13-20-52)5-4-6-40(31)32(2)54-47-41-28-44(53-29-42(41)33(3)56-57-47)37-7-9-38(10-8-37)48(62)58-21-14-34(15-22-58)19-26-65-30-35-16-23-59(24-17-35)49(63)39-11-12-43(51)45(27-39)60-25-18-46(61)55-50(60)64/h4-7,9,11-12,27-29,32,34-35H,8,10,13-19,21-26,30H2,1-3H3,(H,54,57)(H,55,61,64)/t32-/m1/s1. The summed E-state index contributed by atoms with van der Waals surface area (Å²) < 4.78 is 6.17. The minimum atomic E-state index is -0.541. The van der Waals surface area contributed by atoms with Crippen LogP contribution < -0.4 is 15.5 Å². The molecule has 4 aliphatic rings. The van der Waals surface area contributed by atoms with Gasteiger partial charge in [0.25, 0.3) is 5.91 Å². The van der Waals surface area contributed by atoms with E-state index in [-0.39, 0.29) is 36.7 Å². The van der Waals surface area contributed by atoms with Crippen LogP contribution in [-0.4, -0.2) is 94.7 Å². The van der Waals surface area contributed by atoms with E-state index in [1.807, 2.05) is 47.2 Å². The monoisotopic (exact) mass is 897 g/mol. The van der Waals surface area contributed by atoms with E-state index in [1.165, 1.54) is 4.90 Å². The predicted octanol–water partition coefficient (Wildman–Crippen LogP) is 8.28. The molecule has 0 saturated carbocycles. The first-order valence-electron chi connectivity index (χ1n) is 22.8. The topological polar surface area (TPSA) is 174 Å². The molecule has 3 aliphatic heterocycles. The molecule has 65 heavy (non-hydrogen) atoms. The quantitative estimate of drug-likeness (QED) is 0.124. The number of halogens is 1. The van der Waals surface area contributed by atoms with Gasteiger partial charge in [0.1, 0.15) is 0 Å². The van der Waals surface area contributed by atoms with Gasteiger partial charge in [-0.1, -0.05) is 42.0 Å². The van der Waals surface area contributed by atoms with Crippen LogP contribution in [0.4, 0.5) is 16.3 Å². The van der Waals surface area contributed by atoms with Crippen molar-refractivity contribution in [2.45, 2.75) is 84.6 Å². The number of fused-ring (bicyclic) bond motifs is 1. The Labute approximate surface area is 385 Å². The zero-order valence-electron chi connectivity index (χ0n) is 37.4. The van der Waals surface area contributed by atoms with Crippen molar-refractivity contribution in [3.63, 3.8) is 0 Å². The van der Waals surface area contributed by atoms with Crippen molar-refractivity contribution in [1.82, 2.24) is 30.3 Å². The number of amides is 5. The number of piperidine rings is 2. The van der Waals surface area contributed by atoms with Gasteiger partial charge in [-0.3, -0.25) is 29.6 Å². The van der Waals surface area contributed by atoms with Gasteiger partial charge in [0.05, 0.1) is 40.6 Å². The van der Waals surface area contributed by atoms with Gasteiger partial charge in [-0.05, 0) is 124 Å². The van der Waals surface area contributed by atoms with Crippen molar-refractivity contribution < 1.29 is 23.9 Å². The highest BCUT2D eigenvalue weighted by Crippen LogP contribution is 2.34. The van der Waals surface area contributed by atoms with Crippen molar-refractivity contribution in [3.05, 3.63) is 105 Å². The Balaban J connectivity index is 0.777. The Bertz CT molecular complexity index is 2590. The highest BCUT2D eigenvalue weighted by molar-refractivity contribution is 6.34. The molecule has 15 heteroatoms. The number of urea groups is 1. The molecule has 4 aromatic rings. The first kappa shape index (κ1) is 45.4. The van der Waals surface area contributed by atoms with Crippen LogP contribution >= 0.6 is 11.6 Å². The number of nitriles is 1. The van der Waals surface area contributed by atoms with Crippen molar-refractivity contribution in [1.29, 1.82) is 5.26 Å². The van der Waals surface area contributed by atoms with Crippen LogP contribution in [0.15, 0.2) is 66.4 Å². The lowest BCUT2D eigenvalue weighted by Crippen LogP contribution is -2.49. The molecule has 0 spiro atoms. The number of benzene rings is 2. The maximum Gasteiger partial charge on any atom is 0.328 e. The minimum absolute atomic E-state index is 0.0652. The maximum absolute atomic E-state index is 13.7. The third-order valence-electron chi connectivity index (χ3n) is 13.5. The molecule has 14 nitrogen and oxygen atoms in total. The number of anilines is 2. The average molecular weight is 899 g/mol. The molecule has 0 radical (unpaired) electrons. The van der Waals surface area contributed by atoms with E-state index in [0.717, 1.165) is 102 Å². The normalized spacial score (nSPS) is 17.9. The molecule has 2 N–H and O–H groups in total. The molecule has 5 amide bonds.